The third kappa shape index (κ3) is 3.83. The molecule has 0 fully saturated rings. The molecule has 0 aliphatic heterocycles. The summed E-state index contributed by atoms with van der Waals surface area (Å²) in [5.74, 6) is -0.348. The lowest BCUT2D eigenvalue weighted by atomic mass is 10.0. The second-order valence-electron chi connectivity index (χ2n) is 5.62. The number of methoxy groups -OCH3 is 1. The van der Waals surface area contributed by atoms with Crippen molar-refractivity contribution in [3.8, 4) is 11.8 Å². The monoisotopic (exact) mass is 352 g/mol. The molecule has 1 aromatic carbocycles. The van der Waals surface area contributed by atoms with E-state index in [1.807, 2.05) is 6.07 Å². The highest BCUT2D eigenvalue weighted by Crippen LogP contribution is 2.23. The molecule has 0 radical (unpaired) electrons. The molecule has 6 nitrogen and oxygen atoms in total. The molecule has 1 N–H and O–H groups in total. The number of allylic oxidation sites excluding steroid dienone is 1. The first kappa shape index (κ1) is 19.0. The summed E-state index contributed by atoms with van der Waals surface area (Å²) in [6.07, 6.45) is 1.49. The molecule has 6 heteroatoms. The minimum absolute atomic E-state index is 0.0435. The lowest BCUT2D eigenvalue weighted by Gasteiger charge is -2.03. The number of carbonyl (C=O) groups excluding carboxylic acids is 2. The molecule has 0 aliphatic rings. The number of aromatic nitrogens is 1. The molecule has 134 valence electrons. The molecule has 1 aromatic heterocycles. The SMILES string of the molecule is CCOC(=O)c1c(C)[nH]c(C(=O)/C(C#N)=C/c2cccc(OC)c2)c1C. The number of nitrogens with zero attached hydrogens (tertiary/aromatic N) is 1. The number of nitrogens with one attached hydrogen (secondary N) is 1. The van der Waals surface area contributed by atoms with Gasteiger partial charge in [0.25, 0.3) is 0 Å². The predicted octanol–water partition coefficient (Wildman–Crippen LogP) is 3.61. The van der Waals surface area contributed by atoms with Crippen molar-refractivity contribution in [1.82, 2.24) is 4.98 Å². The van der Waals surface area contributed by atoms with E-state index in [2.05, 4.69) is 4.98 Å². The average molecular weight is 352 g/mol. The lowest BCUT2D eigenvalue weighted by Crippen LogP contribution is -2.08. The standard InChI is InChI=1S/C20H20N2O4/c1-5-26-20(24)17-12(2)18(22-13(17)3)19(23)15(11-21)9-14-7-6-8-16(10-14)25-4/h6-10,22H,5H2,1-4H3/b15-9+. The molecule has 0 amide bonds. The normalized spacial score (nSPS) is 11.0. The highest BCUT2D eigenvalue weighted by atomic mass is 16.5. The molecular formula is C20H20N2O4. The first-order chi connectivity index (χ1) is 12.4. The Kier molecular flexibility index (Phi) is 5.97. The number of ether oxygens (including phenoxy) is 2. The molecule has 0 spiro atoms. The van der Waals surface area contributed by atoms with Gasteiger partial charge in [0.05, 0.1) is 25.0 Å². The molecule has 0 bridgehead atoms. The summed E-state index contributed by atoms with van der Waals surface area (Å²) < 4.78 is 10.2. The van der Waals surface area contributed by atoms with Gasteiger partial charge in [0.2, 0.25) is 5.78 Å². The van der Waals surface area contributed by atoms with Gasteiger partial charge >= 0.3 is 5.97 Å². The van der Waals surface area contributed by atoms with Gasteiger partial charge in [-0.05, 0) is 50.1 Å². The van der Waals surface area contributed by atoms with Crippen LogP contribution in [0.4, 0.5) is 0 Å². The number of ketones is 1. The van der Waals surface area contributed by atoms with Gasteiger partial charge in [0, 0.05) is 5.69 Å². The van der Waals surface area contributed by atoms with E-state index in [4.69, 9.17) is 9.47 Å². The summed E-state index contributed by atoms with van der Waals surface area (Å²) >= 11 is 0. The van der Waals surface area contributed by atoms with Crippen LogP contribution in [0.15, 0.2) is 29.8 Å². The van der Waals surface area contributed by atoms with E-state index in [1.165, 1.54) is 6.08 Å². The summed E-state index contributed by atoms with van der Waals surface area (Å²) in [6.45, 7) is 5.30. The number of H-pyrrole nitrogens is 1. The molecule has 26 heavy (non-hydrogen) atoms. The van der Waals surface area contributed by atoms with E-state index in [-0.39, 0.29) is 17.9 Å². The van der Waals surface area contributed by atoms with Crippen molar-refractivity contribution in [2.75, 3.05) is 13.7 Å². The van der Waals surface area contributed by atoms with Crippen molar-refractivity contribution in [2.24, 2.45) is 0 Å². The van der Waals surface area contributed by atoms with Gasteiger partial charge in [-0.1, -0.05) is 12.1 Å². The van der Waals surface area contributed by atoms with E-state index in [0.717, 1.165) is 0 Å². The van der Waals surface area contributed by atoms with Gasteiger partial charge in [0.15, 0.2) is 0 Å². The zero-order valence-corrected chi connectivity index (χ0v) is 15.2. The largest absolute Gasteiger partial charge is 0.497 e. The summed E-state index contributed by atoms with van der Waals surface area (Å²) in [6, 6.07) is 8.97. The van der Waals surface area contributed by atoms with E-state index in [9.17, 15) is 14.9 Å². The molecule has 0 saturated heterocycles. The van der Waals surface area contributed by atoms with Crippen LogP contribution in [0.3, 0.4) is 0 Å². The number of carbonyl (C=O) groups is 2. The van der Waals surface area contributed by atoms with Crippen LogP contribution < -0.4 is 4.74 Å². The van der Waals surface area contributed by atoms with Crippen molar-refractivity contribution in [1.29, 1.82) is 5.26 Å². The van der Waals surface area contributed by atoms with Crippen molar-refractivity contribution in [3.05, 3.63) is 57.9 Å². The van der Waals surface area contributed by atoms with Gasteiger partial charge in [0.1, 0.15) is 17.4 Å². The van der Waals surface area contributed by atoms with Gasteiger partial charge in [-0.15, -0.1) is 0 Å². The minimum atomic E-state index is -0.493. The number of hydrogen-bond acceptors (Lipinski definition) is 5. The predicted molar refractivity (Wildman–Crippen MR) is 97.1 cm³/mol. The van der Waals surface area contributed by atoms with E-state index >= 15 is 0 Å². The molecule has 2 rings (SSSR count). The number of Topliss-reactive ketones (excluding diaryl/α,β-unsaturated/α-hetero) is 1. The van der Waals surface area contributed by atoms with Gasteiger partial charge in [-0.2, -0.15) is 5.26 Å². The van der Waals surface area contributed by atoms with Crippen LogP contribution in [0.1, 0.15) is 44.6 Å². The first-order valence-corrected chi connectivity index (χ1v) is 8.09. The molecule has 0 aliphatic carbocycles. The second-order valence-corrected chi connectivity index (χ2v) is 5.62. The number of esters is 1. The number of aryl methyl sites for hydroxylation is 1. The molecule has 1 heterocycles. The summed E-state index contributed by atoms with van der Waals surface area (Å²) in [5.41, 5.74) is 2.16. The van der Waals surface area contributed by atoms with Gasteiger partial charge in [-0.25, -0.2) is 4.79 Å². The van der Waals surface area contributed by atoms with Crippen LogP contribution in [-0.4, -0.2) is 30.5 Å². The maximum absolute atomic E-state index is 12.8. The zero-order chi connectivity index (χ0) is 19.3. The van der Waals surface area contributed by atoms with Gasteiger partial charge in [-0.3, -0.25) is 4.79 Å². The van der Waals surface area contributed by atoms with E-state index in [1.54, 1.807) is 52.1 Å². The Balaban J connectivity index is 2.43. The number of benzene rings is 1. The Morgan fingerprint density at radius 3 is 2.65 bits per heavy atom. The van der Waals surface area contributed by atoms with E-state index in [0.29, 0.717) is 28.1 Å². The number of rotatable bonds is 6. The van der Waals surface area contributed by atoms with Crippen LogP contribution >= 0.6 is 0 Å². The second kappa shape index (κ2) is 8.17. The summed E-state index contributed by atoms with van der Waals surface area (Å²) in [7, 11) is 1.54. The summed E-state index contributed by atoms with van der Waals surface area (Å²) in [5, 5.41) is 9.43. The molecular weight excluding hydrogens is 332 g/mol. The maximum Gasteiger partial charge on any atom is 0.340 e. The van der Waals surface area contributed by atoms with Crippen LogP contribution in [0.5, 0.6) is 5.75 Å². The zero-order valence-electron chi connectivity index (χ0n) is 15.2. The molecule has 0 saturated carbocycles. The average Bonchev–Trinajstić information content (AvgIpc) is 2.93. The fourth-order valence-electron chi connectivity index (χ4n) is 2.67. The summed E-state index contributed by atoms with van der Waals surface area (Å²) in [4.78, 5) is 27.8. The Bertz CT molecular complexity index is 916. The smallest absolute Gasteiger partial charge is 0.340 e. The van der Waals surface area contributed by atoms with Crippen molar-refractivity contribution in [3.63, 3.8) is 0 Å². The van der Waals surface area contributed by atoms with Crippen LogP contribution in [-0.2, 0) is 4.74 Å². The minimum Gasteiger partial charge on any atom is -0.497 e. The fraction of sp³-hybridized carbons (Fsp3) is 0.250. The molecule has 0 atom stereocenters. The van der Waals surface area contributed by atoms with Gasteiger partial charge < -0.3 is 14.5 Å². The third-order valence-electron chi connectivity index (χ3n) is 3.91. The quantitative estimate of drug-likeness (QED) is 0.371. The van der Waals surface area contributed by atoms with Crippen LogP contribution in [0.2, 0.25) is 0 Å². The van der Waals surface area contributed by atoms with E-state index < -0.39 is 11.8 Å². The fourth-order valence-corrected chi connectivity index (χ4v) is 2.67. The Labute approximate surface area is 152 Å². The number of aromatic amines is 1. The molecule has 0 unspecified atom stereocenters. The lowest BCUT2D eigenvalue weighted by molar-refractivity contribution is 0.0525. The van der Waals surface area contributed by atoms with Crippen molar-refractivity contribution < 1.29 is 19.1 Å². The van der Waals surface area contributed by atoms with Crippen molar-refractivity contribution >= 4 is 17.8 Å². The number of hydrogen-bond donors (Lipinski definition) is 1. The highest BCUT2D eigenvalue weighted by molar-refractivity contribution is 6.15. The van der Waals surface area contributed by atoms with Crippen LogP contribution in [0, 0.1) is 25.2 Å². The Hall–Kier alpha value is -3.33. The Morgan fingerprint density at radius 1 is 1.31 bits per heavy atom. The first-order valence-electron chi connectivity index (χ1n) is 8.09. The van der Waals surface area contributed by atoms with Crippen molar-refractivity contribution in [2.45, 2.75) is 20.8 Å². The van der Waals surface area contributed by atoms with Crippen LogP contribution in [0.25, 0.3) is 6.08 Å². The highest BCUT2D eigenvalue weighted by Gasteiger charge is 2.24. The molecule has 2 aromatic rings. The maximum atomic E-state index is 12.8. The topological polar surface area (TPSA) is 92.2 Å². The number of nitriles is 1. The Morgan fingerprint density at radius 2 is 2.04 bits per heavy atom. The third-order valence-corrected chi connectivity index (χ3v) is 3.91.